The maximum Gasteiger partial charge on any atom is 0.407 e. The van der Waals surface area contributed by atoms with Crippen LogP contribution in [0.5, 0.6) is 0 Å². The van der Waals surface area contributed by atoms with E-state index in [1.54, 1.807) is 11.7 Å². The van der Waals surface area contributed by atoms with Gasteiger partial charge in [0.15, 0.2) is 0 Å². The number of amides is 1. The van der Waals surface area contributed by atoms with Crippen LogP contribution in [-0.2, 0) is 24.2 Å². The molecule has 7 heteroatoms. The Bertz CT molecular complexity index is 875. The topological polar surface area (TPSA) is 97.5 Å². The summed E-state index contributed by atoms with van der Waals surface area (Å²) in [5.41, 5.74) is 10.1. The van der Waals surface area contributed by atoms with Gasteiger partial charge in [-0.25, -0.2) is 4.79 Å². The highest BCUT2D eigenvalue weighted by Gasteiger charge is 2.24. The Kier molecular flexibility index (Phi) is 8.38. The predicted octanol–water partition coefficient (Wildman–Crippen LogP) is 3.30. The number of aromatic nitrogens is 1. The number of rotatable bonds is 10. The molecule has 1 amide bonds. The minimum atomic E-state index is -0.806. The summed E-state index contributed by atoms with van der Waals surface area (Å²) in [6.07, 6.45) is 1.79. The second-order valence-electron chi connectivity index (χ2n) is 7.24. The first kappa shape index (κ1) is 22.0. The number of hydrogen-bond acceptors (Lipinski definition) is 6. The lowest BCUT2D eigenvalue weighted by molar-refractivity contribution is 0.0925. The molecule has 0 saturated heterocycles. The molecular weight excluding hydrogens is 398 g/mol. The van der Waals surface area contributed by atoms with Gasteiger partial charge in [-0.2, -0.15) is 0 Å². The Morgan fingerprint density at radius 2 is 1.70 bits per heavy atom. The van der Waals surface area contributed by atoms with E-state index in [4.69, 9.17) is 10.5 Å². The molecule has 0 spiro atoms. The van der Waals surface area contributed by atoms with E-state index in [1.807, 2.05) is 60.7 Å². The van der Waals surface area contributed by atoms with Crippen molar-refractivity contribution in [2.24, 2.45) is 5.73 Å². The average Bonchev–Trinajstić information content (AvgIpc) is 3.27. The number of nitrogens with zero attached hydrogens (tertiary/aromatic N) is 1. The first-order chi connectivity index (χ1) is 14.6. The van der Waals surface area contributed by atoms with Crippen molar-refractivity contribution in [1.29, 1.82) is 0 Å². The molecule has 0 bridgehead atoms. The summed E-state index contributed by atoms with van der Waals surface area (Å²) in [4.78, 5) is 17.2. The normalized spacial score (nSPS) is 13.9. The fraction of sp³-hybridized carbons (Fsp3) is 0.304. The molecule has 0 aliphatic heterocycles. The van der Waals surface area contributed by atoms with Crippen LogP contribution in [-0.4, -0.2) is 34.4 Å². The smallest absolute Gasteiger partial charge is 0.407 e. The van der Waals surface area contributed by atoms with Crippen LogP contribution in [0.4, 0.5) is 4.79 Å². The number of carbonyl (C=O) groups excluding carboxylic acids is 1. The lowest BCUT2D eigenvalue weighted by Crippen LogP contribution is -2.47. The van der Waals surface area contributed by atoms with E-state index in [0.717, 1.165) is 16.0 Å². The maximum atomic E-state index is 12.3. The van der Waals surface area contributed by atoms with E-state index in [1.165, 1.54) is 11.3 Å². The van der Waals surface area contributed by atoms with Crippen molar-refractivity contribution in [3.05, 3.63) is 88.4 Å². The number of aliphatic hydroxyl groups excluding tert-OH is 1. The number of thiazole rings is 1. The lowest BCUT2D eigenvalue weighted by atomic mass is 9.94. The van der Waals surface area contributed by atoms with Gasteiger partial charge in [-0.15, -0.1) is 11.3 Å². The number of ether oxygens (including phenoxy) is 1. The van der Waals surface area contributed by atoms with Gasteiger partial charge in [0.1, 0.15) is 6.61 Å². The number of benzene rings is 2. The van der Waals surface area contributed by atoms with Crippen LogP contribution in [0, 0.1) is 0 Å². The van der Waals surface area contributed by atoms with Gasteiger partial charge in [-0.1, -0.05) is 60.7 Å². The van der Waals surface area contributed by atoms with Gasteiger partial charge in [0.25, 0.3) is 0 Å². The monoisotopic (exact) mass is 425 g/mol. The third-order valence-corrected chi connectivity index (χ3v) is 5.53. The first-order valence-electron chi connectivity index (χ1n) is 9.92. The predicted molar refractivity (Wildman–Crippen MR) is 118 cm³/mol. The highest BCUT2D eigenvalue weighted by atomic mass is 32.1. The second kappa shape index (κ2) is 11.4. The molecule has 1 heterocycles. The zero-order valence-electron chi connectivity index (χ0n) is 16.7. The highest BCUT2D eigenvalue weighted by molar-refractivity contribution is 7.09. The van der Waals surface area contributed by atoms with Crippen LogP contribution in [0.2, 0.25) is 0 Å². The zero-order valence-corrected chi connectivity index (χ0v) is 17.5. The van der Waals surface area contributed by atoms with Crippen LogP contribution >= 0.6 is 11.3 Å². The number of nitrogens with one attached hydrogen (secondary N) is 1. The van der Waals surface area contributed by atoms with Crippen molar-refractivity contribution in [2.45, 2.75) is 44.1 Å². The third-order valence-electron chi connectivity index (χ3n) is 4.78. The molecule has 3 rings (SSSR count). The van der Waals surface area contributed by atoms with Gasteiger partial charge in [-0.05, 0) is 30.4 Å². The standard InChI is InChI=1S/C23H27N3O3S/c24-19(11-17-7-3-1-4-8-17)13-22(27)21(12-18-9-5-2-6-10-18)26-23(28)29-15-20-14-25-16-30-20/h1-10,14,16,19,21-22,27H,11-13,15,24H2,(H,26,28)/t19?,21-,22?/m0/s1. The SMILES string of the molecule is NC(Cc1ccccc1)CC(O)[C@H](Cc1ccccc1)NC(=O)OCc1cncs1. The van der Waals surface area contributed by atoms with Gasteiger partial charge in [0.2, 0.25) is 0 Å². The van der Waals surface area contributed by atoms with E-state index in [9.17, 15) is 9.90 Å². The Labute approximate surface area is 180 Å². The van der Waals surface area contributed by atoms with Crippen LogP contribution in [0.3, 0.4) is 0 Å². The Hall–Kier alpha value is -2.74. The molecule has 0 aliphatic rings. The fourth-order valence-corrected chi connectivity index (χ4v) is 3.77. The minimum absolute atomic E-state index is 0.151. The molecule has 3 atom stereocenters. The molecule has 2 aromatic carbocycles. The summed E-state index contributed by atoms with van der Waals surface area (Å²) < 4.78 is 5.28. The summed E-state index contributed by atoms with van der Waals surface area (Å²) in [5, 5.41) is 13.7. The Balaban J connectivity index is 1.59. The maximum absolute atomic E-state index is 12.3. The Morgan fingerprint density at radius 3 is 2.30 bits per heavy atom. The molecule has 158 valence electrons. The quantitative estimate of drug-likeness (QED) is 0.463. The van der Waals surface area contributed by atoms with Crippen molar-refractivity contribution in [3.8, 4) is 0 Å². The Morgan fingerprint density at radius 1 is 1.07 bits per heavy atom. The van der Waals surface area contributed by atoms with Crippen LogP contribution < -0.4 is 11.1 Å². The third kappa shape index (κ3) is 7.26. The molecule has 30 heavy (non-hydrogen) atoms. The molecule has 4 N–H and O–H groups in total. The van der Waals surface area contributed by atoms with E-state index in [-0.39, 0.29) is 12.6 Å². The van der Waals surface area contributed by atoms with E-state index in [2.05, 4.69) is 10.3 Å². The number of hydrogen-bond donors (Lipinski definition) is 3. The molecule has 0 radical (unpaired) electrons. The summed E-state index contributed by atoms with van der Waals surface area (Å²) in [6, 6.07) is 18.9. The highest BCUT2D eigenvalue weighted by Crippen LogP contribution is 2.13. The van der Waals surface area contributed by atoms with Gasteiger partial charge in [0.05, 0.1) is 22.5 Å². The largest absolute Gasteiger partial charge is 0.444 e. The van der Waals surface area contributed by atoms with Crippen LogP contribution in [0.25, 0.3) is 0 Å². The van der Waals surface area contributed by atoms with Crippen molar-refractivity contribution in [3.63, 3.8) is 0 Å². The number of aliphatic hydroxyl groups is 1. The molecule has 1 aromatic heterocycles. The molecule has 3 aromatic rings. The van der Waals surface area contributed by atoms with Crippen molar-refractivity contribution in [1.82, 2.24) is 10.3 Å². The van der Waals surface area contributed by atoms with Gasteiger partial charge in [-0.3, -0.25) is 4.98 Å². The summed E-state index contributed by atoms with van der Waals surface area (Å²) in [6.45, 7) is 0.151. The van der Waals surface area contributed by atoms with E-state index >= 15 is 0 Å². The molecule has 6 nitrogen and oxygen atoms in total. The molecule has 0 aliphatic carbocycles. The van der Waals surface area contributed by atoms with Crippen molar-refractivity contribution in [2.75, 3.05) is 0 Å². The van der Waals surface area contributed by atoms with E-state index < -0.39 is 18.2 Å². The zero-order chi connectivity index (χ0) is 21.2. The first-order valence-corrected chi connectivity index (χ1v) is 10.8. The van der Waals surface area contributed by atoms with Gasteiger partial charge in [0, 0.05) is 12.2 Å². The second-order valence-corrected chi connectivity index (χ2v) is 8.21. The van der Waals surface area contributed by atoms with E-state index in [0.29, 0.717) is 19.3 Å². The van der Waals surface area contributed by atoms with Gasteiger partial charge >= 0.3 is 6.09 Å². The fourth-order valence-electron chi connectivity index (χ4n) is 3.27. The summed E-state index contributed by atoms with van der Waals surface area (Å²) in [5.74, 6) is 0. The molecular formula is C23H27N3O3S. The van der Waals surface area contributed by atoms with Crippen molar-refractivity contribution < 1.29 is 14.6 Å². The van der Waals surface area contributed by atoms with Crippen LogP contribution in [0.1, 0.15) is 22.4 Å². The number of nitrogens with two attached hydrogens (primary N) is 1. The number of carbonyl (C=O) groups is 1. The lowest BCUT2D eigenvalue weighted by Gasteiger charge is -2.26. The average molecular weight is 426 g/mol. The molecule has 2 unspecified atom stereocenters. The number of alkyl carbamates (subject to hydrolysis) is 1. The molecule has 0 fully saturated rings. The molecule has 0 saturated carbocycles. The summed E-state index contributed by atoms with van der Waals surface area (Å²) in [7, 11) is 0. The summed E-state index contributed by atoms with van der Waals surface area (Å²) >= 11 is 1.42. The van der Waals surface area contributed by atoms with Crippen molar-refractivity contribution >= 4 is 17.4 Å². The van der Waals surface area contributed by atoms with Gasteiger partial charge < -0.3 is 20.9 Å². The van der Waals surface area contributed by atoms with Crippen LogP contribution in [0.15, 0.2) is 72.4 Å². The minimum Gasteiger partial charge on any atom is -0.444 e.